The molecule has 0 unspecified atom stereocenters. The summed E-state index contributed by atoms with van der Waals surface area (Å²) in [5.41, 5.74) is 0.765. The summed E-state index contributed by atoms with van der Waals surface area (Å²) in [5.74, 6) is 0. The molecule has 1 rings (SSSR count). The molecule has 0 amide bonds. The third-order valence-corrected chi connectivity index (χ3v) is 2.88. The summed E-state index contributed by atoms with van der Waals surface area (Å²) in [6.45, 7) is 0. The van der Waals surface area contributed by atoms with Crippen LogP contribution in [-0.2, 0) is 6.42 Å². The topological polar surface area (TPSA) is 12.9 Å². The minimum atomic E-state index is 0.378. The average Bonchev–Trinajstić information content (AvgIpc) is 2.07. The van der Waals surface area contributed by atoms with Crippen LogP contribution in [0.1, 0.15) is 5.69 Å². The normalized spacial score (nSPS) is 10.3. The zero-order valence-electron chi connectivity index (χ0n) is 6.07. The van der Waals surface area contributed by atoms with E-state index < -0.39 is 0 Å². The number of rotatable bonds is 2. The lowest BCUT2D eigenvalue weighted by atomic mass is 10.3. The Morgan fingerprint density at radius 2 is 1.92 bits per heavy atom. The number of halogens is 3. The van der Waals surface area contributed by atoms with Crippen LogP contribution in [-0.4, -0.2) is 15.2 Å². The second-order valence-electron chi connectivity index (χ2n) is 2.18. The van der Waals surface area contributed by atoms with Gasteiger partial charge in [0.05, 0.1) is 20.8 Å². The predicted molar refractivity (Wildman–Crippen MR) is 53.5 cm³/mol. The molecule has 12 heavy (non-hydrogen) atoms. The molecule has 0 aliphatic heterocycles. The lowest BCUT2D eigenvalue weighted by Gasteiger charge is -2.03. The van der Waals surface area contributed by atoms with Crippen LogP contribution < -0.4 is 0 Å². The Bertz CT molecular complexity index is 290. The first-order chi connectivity index (χ1) is 5.66. The number of pyridine rings is 1. The Kier molecular flexibility index (Phi) is 3.84. The van der Waals surface area contributed by atoms with Crippen molar-refractivity contribution in [1.29, 1.82) is 0 Å². The van der Waals surface area contributed by atoms with Crippen LogP contribution in [0.3, 0.4) is 0 Å². The Hall–Kier alpha value is 0.237. The fourth-order valence-electron chi connectivity index (χ4n) is 0.772. The second kappa shape index (κ2) is 4.47. The van der Waals surface area contributed by atoms with Gasteiger partial charge >= 0.3 is 0 Å². The first kappa shape index (κ1) is 10.3. The van der Waals surface area contributed by atoms with E-state index in [9.17, 15) is 0 Å². The summed E-state index contributed by atoms with van der Waals surface area (Å²) >= 11 is 17.4. The van der Waals surface area contributed by atoms with Gasteiger partial charge in [0.15, 0.2) is 0 Å². The minimum Gasteiger partial charge on any atom is -0.258 e. The van der Waals surface area contributed by atoms with Crippen molar-refractivity contribution in [3.05, 3.63) is 27.0 Å². The van der Waals surface area contributed by atoms with E-state index in [4.69, 9.17) is 34.8 Å². The van der Waals surface area contributed by atoms with Gasteiger partial charge in [0, 0.05) is 16.4 Å². The molecule has 0 aliphatic carbocycles. The van der Waals surface area contributed by atoms with E-state index in [0.717, 1.165) is 18.2 Å². The molecule has 1 heterocycles. The molecule has 0 spiro atoms. The molecular weight excluding hydrogens is 233 g/mol. The molecule has 0 aromatic carbocycles. The highest BCUT2D eigenvalue weighted by molar-refractivity contribution is 6.48. The van der Waals surface area contributed by atoms with Crippen molar-refractivity contribution in [2.24, 2.45) is 0 Å². The SMILES string of the molecule is [Si]CCc1ncc(Cl)c(Cl)c1Cl. The first-order valence-corrected chi connectivity index (χ1v) is 5.14. The molecule has 0 atom stereocenters. The highest BCUT2D eigenvalue weighted by Gasteiger charge is 2.08. The number of aromatic nitrogens is 1. The van der Waals surface area contributed by atoms with Gasteiger partial charge in [0.2, 0.25) is 0 Å². The van der Waals surface area contributed by atoms with Gasteiger partial charge in [-0.3, -0.25) is 4.98 Å². The maximum atomic E-state index is 5.88. The van der Waals surface area contributed by atoms with E-state index in [1.807, 2.05) is 0 Å². The van der Waals surface area contributed by atoms with E-state index >= 15 is 0 Å². The maximum absolute atomic E-state index is 5.88. The van der Waals surface area contributed by atoms with Gasteiger partial charge in [0.1, 0.15) is 0 Å². The fourth-order valence-corrected chi connectivity index (χ4v) is 1.60. The average molecular weight is 238 g/mol. The number of hydrogen-bond acceptors (Lipinski definition) is 1. The van der Waals surface area contributed by atoms with Crippen molar-refractivity contribution >= 4 is 45.0 Å². The van der Waals surface area contributed by atoms with Gasteiger partial charge in [-0.05, 0) is 6.42 Å². The number of nitrogens with zero attached hydrogens (tertiary/aromatic N) is 1. The van der Waals surface area contributed by atoms with Crippen LogP contribution in [0.25, 0.3) is 0 Å². The molecule has 0 bridgehead atoms. The zero-order chi connectivity index (χ0) is 9.14. The summed E-state index contributed by atoms with van der Waals surface area (Å²) in [6, 6.07) is 0.796. The summed E-state index contributed by atoms with van der Waals surface area (Å²) < 4.78 is 0. The highest BCUT2D eigenvalue weighted by Crippen LogP contribution is 2.31. The minimum absolute atomic E-state index is 0.378. The maximum Gasteiger partial charge on any atom is 0.0822 e. The molecule has 3 radical (unpaired) electrons. The van der Waals surface area contributed by atoms with Crippen molar-refractivity contribution in [2.75, 3.05) is 0 Å². The van der Waals surface area contributed by atoms with E-state index in [-0.39, 0.29) is 0 Å². The van der Waals surface area contributed by atoms with Crippen molar-refractivity contribution in [3.8, 4) is 0 Å². The lowest BCUT2D eigenvalue weighted by Crippen LogP contribution is -1.91. The number of aryl methyl sites for hydroxylation is 1. The van der Waals surface area contributed by atoms with Gasteiger partial charge in [-0.15, -0.1) is 0 Å². The summed E-state index contributed by atoms with van der Waals surface area (Å²) in [4.78, 5) is 4.05. The largest absolute Gasteiger partial charge is 0.258 e. The molecule has 0 fully saturated rings. The van der Waals surface area contributed by atoms with E-state index in [2.05, 4.69) is 15.2 Å². The first-order valence-electron chi connectivity index (χ1n) is 3.29. The molecule has 1 nitrogen and oxygen atoms in total. The standard InChI is InChI=1S/C7H5Cl3NSi/c8-4-3-11-5(1-2-12)7(10)6(4)9/h3H,1-2H2. The second-order valence-corrected chi connectivity index (χ2v) is 3.84. The summed E-state index contributed by atoms with van der Waals surface area (Å²) in [5, 5.41) is 1.21. The molecular formula is C7H5Cl3NSi. The quantitative estimate of drug-likeness (QED) is 0.720. The molecule has 5 heteroatoms. The zero-order valence-corrected chi connectivity index (χ0v) is 9.34. The third-order valence-electron chi connectivity index (χ3n) is 1.35. The number of hydrogen-bond donors (Lipinski definition) is 0. The molecule has 0 N–H and O–H groups in total. The van der Waals surface area contributed by atoms with Gasteiger partial charge in [-0.1, -0.05) is 40.8 Å². The monoisotopic (exact) mass is 236 g/mol. The van der Waals surface area contributed by atoms with Gasteiger partial charge in [-0.2, -0.15) is 0 Å². The fraction of sp³-hybridized carbons (Fsp3) is 0.286. The Morgan fingerprint density at radius 3 is 2.50 bits per heavy atom. The molecule has 63 valence electrons. The summed E-state index contributed by atoms with van der Waals surface area (Å²) in [7, 11) is 3.33. The molecule has 1 aromatic heterocycles. The smallest absolute Gasteiger partial charge is 0.0822 e. The third kappa shape index (κ3) is 2.13. The molecule has 0 aliphatic rings. The van der Waals surface area contributed by atoms with Crippen LogP contribution in [0.5, 0.6) is 0 Å². The van der Waals surface area contributed by atoms with Crippen LogP contribution in [0.2, 0.25) is 21.1 Å². The Morgan fingerprint density at radius 1 is 1.25 bits per heavy atom. The van der Waals surface area contributed by atoms with Crippen LogP contribution in [0, 0.1) is 0 Å². The summed E-state index contributed by atoms with van der Waals surface area (Å²) in [6.07, 6.45) is 2.25. The van der Waals surface area contributed by atoms with Crippen LogP contribution in [0.4, 0.5) is 0 Å². The van der Waals surface area contributed by atoms with E-state index in [1.165, 1.54) is 6.20 Å². The van der Waals surface area contributed by atoms with Gasteiger partial charge in [0.25, 0.3) is 0 Å². The van der Waals surface area contributed by atoms with Gasteiger partial charge in [-0.25, -0.2) is 0 Å². The van der Waals surface area contributed by atoms with E-state index in [0.29, 0.717) is 15.1 Å². The van der Waals surface area contributed by atoms with Crippen molar-refractivity contribution in [2.45, 2.75) is 12.5 Å². The highest BCUT2D eigenvalue weighted by atomic mass is 35.5. The van der Waals surface area contributed by atoms with Crippen molar-refractivity contribution in [1.82, 2.24) is 4.98 Å². The van der Waals surface area contributed by atoms with Crippen molar-refractivity contribution < 1.29 is 0 Å². The van der Waals surface area contributed by atoms with Crippen LogP contribution in [0.15, 0.2) is 6.20 Å². The Balaban J connectivity index is 3.08. The molecule has 0 saturated heterocycles. The van der Waals surface area contributed by atoms with Crippen molar-refractivity contribution in [3.63, 3.8) is 0 Å². The Labute approximate surface area is 89.5 Å². The van der Waals surface area contributed by atoms with Gasteiger partial charge < -0.3 is 0 Å². The lowest BCUT2D eigenvalue weighted by molar-refractivity contribution is 1.03. The van der Waals surface area contributed by atoms with Crippen LogP contribution >= 0.6 is 34.8 Å². The molecule has 0 saturated carbocycles. The van der Waals surface area contributed by atoms with E-state index in [1.54, 1.807) is 0 Å². The molecule has 1 aromatic rings. The predicted octanol–water partition coefficient (Wildman–Crippen LogP) is 3.17.